The summed E-state index contributed by atoms with van der Waals surface area (Å²) in [5.74, 6) is 0.448. The van der Waals surface area contributed by atoms with Gasteiger partial charge < -0.3 is 9.88 Å². The van der Waals surface area contributed by atoms with Crippen LogP contribution in [0.1, 0.15) is 30.1 Å². The molecule has 118 valence electrons. The average Bonchev–Trinajstić information content (AvgIpc) is 3.00. The van der Waals surface area contributed by atoms with Gasteiger partial charge in [-0.1, -0.05) is 0 Å². The highest BCUT2D eigenvalue weighted by Gasteiger charge is 2.22. The predicted molar refractivity (Wildman–Crippen MR) is 83.1 cm³/mol. The van der Waals surface area contributed by atoms with E-state index in [9.17, 15) is 9.59 Å². The van der Waals surface area contributed by atoms with Gasteiger partial charge in [0.05, 0.1) is 0 Å². The van der Waals surface area contributed by atoms with E-state index in [-0.39, 0.29) is 11.2 Å². The molecule has 1 aliphatic heterocycles. The molecule has 7 nitrogen and oxygen atoms in total. The predicted octanol–water partition coefficient (Wildman–Crippen LogP) is 0.448. The number of nitrogens with one attached hydrogen (secondary N) is 2. The largest absolute Gasteiger partial charge is 0.328 e. The lowest BCUT2D eigenvalue weighted by Crippen LogP contribution is -2.41. The van der Waals surface area contributed by atoms with Gasteiger partial charge in [0, 0.05) is 49.2 Å². The second-order valence-electron chi connectivity index (χ2n) is 5.90. The van der Waals surface area contributed by atoms with Gasteiger partial charge in [-0.15, -0.1) is 0 Å². The lowest BCUT2D eigenvalue weighted by atomic mass is 9.95. The van der Waals surface area contributed by atoms with Crippen molar-refractivity contribution in [1.29, 1.82) is 0 Å². The summed E-state index contributed by atoms with van der Waals surface area (Å²) in [4.78, 5) is 28.7. The van der Waals surface area contributed by atoms with Crippen molar-refractivity contribution in [3.63, 3.8) is 0 Å². The van der Waals surface area contributed by atoms with E-state index >= 15 is 0 Å². The molecule has 0 aromatic carbocycles. The van der Waals surface area contributed by atoms with E-state index in [0.29, 0.717) is 24.7 Å². The summed E-state index contributed by atoms with van der Waals surface area (Å²) in [6.45, 7) is 4.78. The molecule has 0 aliphatic carbocycles. The van der Waals surface area contributed by atoms with Crippen LogP contribution in [0.4, 0.5) is 0 Å². The molecule has 1 saturated heterocycles. The topological polar surface area (TPSA) is 86.8 Å². The Morgan fingerprint density at radius 3 is 2.95 bits per heavy atom. The van der Waals surface area contributed by atoms with E-state index in [2.05, 4.69) is 20.1 Å². The fraction of sp³-hybridized carbons (Fsp3) is 0.533. The van der Waals surface area contributed by atoms with Crippen LogP contribution in [0.25, 0.3) is 0 Å². The van der Waals surface area contributed by atoms with Crippen LogP contribution in [0.2, 0.25) is 0 Å². The number of likely N-dealkylation sites (tertiary alicyclic amines) is 1. The molecule has 0 radical (unpaired) electrons. The molecule has 1 fully saturated rings. The van der Waals surface area contributed by atoms with E-state index < -0.39 is 0 Å². The molecule has 1 atom stereocenters. The molecule has 2 N–H and O–H groups in total. The van der Waals surface area contributed by atoms with Crippen LogP contribution in [0.3, 0.4) is 0 Å². The lowest BCUT2D eigenvalue weighted by Gasteiger charge is -2.32. The maximum Gasteiger partial charge on any atom is 0.328 e. The molecule has 0 bridgehead atoms. The molecule has 7 heteroatoms. The van der Waals surface area contributed by atoms with Gasteiger partial charge in [0.25, 0.3) is 5.56 Å². The normalized spacial score (nSPS) is 19.4. The first-order valence-electron chi connectivity index (χ1n) is 7.66. The molecule has 0 amide bonds. The average molecular weight is 303 g/mol. The second kappa shape index (κ2) is 6.31. The van der Waals surface area contributed by atoms with E-state index in [4.69, 9.17) is 0 Å². The Morgan fingerprint density at radius 2 is 2.23 bits per heavy atom. The smallest absolute Gasteiger partial charge is 0.311 e. The van der Waals surface area contributed by atoms with E-state index in [1.165, 1.54) is 10.6 Å². The Hall–Kier alpha value is -2.15. The number of aromatic amines is 2. The highest BCUT2D eigenvalue weighted by atomic mass is 16.2. The fourth-order valence-corrected chi connectivity index (χ4v) is 3.10. The molecular formula is C15H21N5O2. The van der Waals surface area contributed by atoms with Gasteiger partial charge in [-0.05, 0) is 32.4 Å². The molecule has 0 saturated carbocycles. The third-order valence-corrected chi connectivity index (χ3v) is 4.26. The number of aryl methyl sites for hydroxylation is 1. The Labute approximate surface area is 128 Å². The van der Waals surface area contributed by atoms with E-state index in [0.717, 1.165) is 31.6 Å². The van der Waals surface area contributed by atoms with E-state index in [1.807, 2.05) is 6.07 Å². The molecule has 0 spiro atoms. The fourth-order valence-electron chi connectivity index (χ4n) is 3.10. The standard InChI is InChI=1S/C15H21N5O2/c1-11-9-14(21)20(15(22)17-11)8-7-19-6-2-3-12(10-19)13-4-5-16-18-13/h4-5,9,12H,2-3,6-8,10H2,1H3,(H,16,18)(H,17,22)/t12-/m1/s1. The van der Waals surface area contributed by atoms with Gasteiger partial charge in [0.2, 0.25) is 0 Å². The maximum absolute atomic E-state index is 11.9. The minimum Gasteiger partial charge on any atom is -0.311 e. The molecule has 2 aromatic heterocycles. The summed E-state index contributed by atoms with van der Waals surface area (Å²) >= 11 is 0. The Balaban J connectivity index is 1.64. The van der Waals surface area contributed by atoms with Crippen LogP contribution < -0.4 is 11.2 Å². The molecule has 2 aromatic rings. The summed E-state index contributed by atoms with van der Waals surface area (Å²) in [6.07, 6.45) is 4.03. The molecule has 22 heavy (non-hydrogen) atoms. The zero-order chi connectivity index (χ0) is 15.5. The third-order valence-electron chi connectivity index (χ3n) is 4.26. The number of hydrogen-bond acceptors (Lipinski definition) is 4. The van der Waals surface area contributed by atoms with Crippen molar-refractivity contribution in [3.8, 4) is 0 Å². The van der Waals surface area contributed by atoms with Crippen molar-refractivity contribution in [2.24, 2.45) is 0 Å². The maximum atomic E-state index is 11.9. The first kappa shape index (κ1) is 14.8. The van der Waals surface area contributed by atoms with Crippen LogP contribution in [0.5, 0.6) is 0 Å². The van der Waals surface area contributed by atoms with Crippen LogP contribution in [0.15, 0.2) is 27.9 Å². The summed E-state index contributed by atoms with van der Waals surface area (Å²) in [7, 11) is 0. The van der Waals surface area contributed by atoms with E-state index in [1.54, 1.807) is 13.1 Å². The number of aromatic nitrogens is 4. The van der Waals surface area contributed by atoms with Crippen molar-refractivity contribution < 1.29 is 0 Å². The minimum absolute atomic E-state index is 0.233. The highest BCUT2D eigenvalue weighted by Crippen LogP contribution is 2.24. The molecule has 3 heterocycles. The number of H-pyrrole nitrogens is 2. The summed E-state index contributed by atoms with van der Waals surface area (Å²) in [5.41, 5.74) is 1.20. The van der Waals surface area contributed by atoms with Crippen LogP contribution in [-0.2, 0) is 6.54 Å². The minimum atomic E-state index is -0.327. The molecule has 3 rings (SSSR count). The van der Waals surface area contributed by atoms with Gasteiger partial charge in [-0.2, -0.15) is 5.10 Å². The van der Waals surface area contributed by atoms with Crippen molar-refractivity contribution in [2.75, 3.05) is 19.6 Å². The zero-order valence-electron chi connectivity index (χ0n) is 12.7. The quantitative estimate of drug-likeness (QED) is 0.858. The summed E-state index contributed by atoms with van der Waals surface area (Å²) in [6, 6.07) is 3.48. The number of hydrogen-bond donors (Lipinski definition) is 2. The van der Waals surface area contributed by atoms with Crippen molar-refractivity contribution in [2.45, 2.75) is 32.2 Å². The molecule has 1 aliphatic rings. The SMILES string of the molecule is Cc1cc(=O)n(CCN2CCC[C@@H](c3ccn[nH]3)C2)c(=O)[nH]1. The van der Waals surface area contributed by atoms with Crippen molar-refractivity contribution in [3.05, 3.63) is 50.6 Å². The van der Waals surface area contributed by atoms with Crippen LogP contribution in [-0.4, -0.2) is 44.3 Å². The van der Waals surface area contributed by atoms with Gasteiger partial charge in [0.15, 0.2) is 0 Å². The Bertz CT molecular complexity index is 700. The van der Waals surface area contributed by atoms with Crippen molar-refractivity contribution >= 4 is 0 Å². The third kappa shape index (κ3) is 3.19. The second-order valence-corrected chi connectivity index (χ2v) is 5.90. The van der Waals surface area contributed by atoms with Gasteiger partial charge in [0.1, 0.15) is 0 Å². The van der Waals surface area contributed by atoms with Crippen molar-refractivity contribution in [1.82, 2.24) is 24.6 Å². The number of nitrogens with zero attached hydrogens (tertiary/aromatic N) is 3. The van der Waals surface area contributed by atoms with Gasteiger partial charge >= 0.3 is 5.69 Å². The van der Waals surface area contributed by atoms with Crippen LogP contribution >= 0.6 is 0 Å². The Kier molecular flexibility index (Phi) is 4.24. The number of piperidine rings is 1. The van der Waals surface area contributed by atoms with Gasteiger partial charge in [-0.3, -0.25) is 14.5 Å². The Morgan fingerprint density at radius 1 is 1.36 bits per heavy atom. The first-order valence-corrected chi connectivity index (χ1v) is 7.66. The molecule has 0 unspecified atom stereocenters. The van der Waals surface area contributed by atoms with Crippen LogP contribution in [0, 0.1) is 6.92 Å². The number of rotatable bonds is 4. The molecular weight excluding hydrogens is 282 g/mol. The highest BCUT2D eigenvalue weighted by molar-refractivity contribution is 5.07. The first-order chi connectivity index (χ1) is 10.6. The monoisotopic (exact) mass is 303 g/mol. The van der Waals surface area contributed by atoms with Gasteiger partial charge in [-0.25, -0.2) is 4.79 Å². The summed E-state index contributed by atoms with van der Waals surface area (Å²) < 4.78 is 1.27. The summed E-state index contributed by atoms with van der Waals surface area (Å²) in [5, 5.41) is 7.05. The zero-order valence-corrected chi connectivity index (χ0v) is 12.7. The lowest BCUT2D eigenvalue weighted by molar-refractivity contribution is 0.197.